The highest BCUT2D eigenvalue weighted by Crippen LogP contribution is 2.41. The van der Waals surface area contributed by atoms with Crippen LogP contribution in [-0.4, -0.2) is 67.4 Å². The third-order valence-corrected chi connectivity index (χ3v) is 8.29. The van der Waals surface area contributed by atoms with Crippen molar-refractivity contribution in [3.05, 3.63) is 75.0 Å². The van der Waals surface area contributed by atoms with Gasteiger partial charge in [0.25, 0.3) is 5.91 Å². The molecule has 0 atom stereocenters. The number of carboxylic acid groups (broad SMARTS) is 1. The molecular weight excluding hydrogens is 588 g/mol. The number of hydrogen-bond donors (Lipinski definition) is 1. The first-order chi connectivity index (χ1) is 20.2. The van der Waals surface area contributed by atoms with E-state index >= 15 is 4.39 Å². The van der Waals surface area contributed by atoms with Crippen molar-refractivity contribution in [1.29, 1.82) is 0 Å². The summed E-state index contributed by atoms with van der Waals surface area (Å²) in [6.45, 7) is 2.39. The van der Waals surface area contributed by atoms with Crippen LogP contribution in [-0.2, 0) is 16.1 Å². The molecule has 42 heavy (non-hydrogen) atoms. The highest BCUT2D eigenvalue weighted by molar-refractivity contribution is 6.40. The van der Waals surface area contributed by atoms with Crippen molar-refractivity contribution in [3.8, 4) is 16.9 Å². The first-order valence-electron chi connectivity index (χ1n) is 13.5. The topological polar surface area (TPSA) is 99.6 Å². The van der Waals surface area contributed by atoms with E-state index in [-0.39, 0.29) is 45.9 Å². The zero-order valence-corrected chi connectivity index (χ0v) is 23.9. The molecule has 218 valence electrons. The quantitative estimate of drug-likeness (QED) is 0.408. The number of fused-ring (bicyclic) bond motifs is 1. The van der Waals surface area contributed by atoms with Crippen LogP contribution in [0.3, 0.4) is 0 Å². The SMILES string of the molecule is O=C(O)c1cc(F)c(-c2cccc3c2OCN(C(=O)c2c(Cl)cc(N4CCCC4=O)cc2Cl)C3)cc1N1CCOCC1. The number of morpholine rings is 1. The maximum absolute atomic E-state index is 15.4. The van der Waals surface area contributed by atoms with E-state index < -0.39 is 17.7 Å². The van der Waals surface area contributed by atoms with Gasteiger partial charge in [0.15, 0.2) is 6.73 Å². The number of carbonyl (C=O) groups excluding carboxylic acids is 2. The number of hydrogen-bond acceptors (Lipinski definition) is 6. The van der Waals surface area contributed by atoms with Gasteiger partial charge in [0.05, 0.1) is 46.6 Å². The molecule has 2 amide bonds. The second-order valence-corrected chi connectivity index (χ2v) is 11.1. The summed E-state index contributed by atoms with van der Waals surface area (Å²) in [5, 5.41) is 9.99. The van der Waals surface area contributed by atoms with E-state index in [1.807, 2.05) is 4.90 Å². The number of rotatable bonds is 5. The lowest BCUT2D eigenvalue weighted by molar-refractivity contribution is -0.117. The van der Waals surface area contributed by atoms with Crippen LogP contribution in [0.5, 0.6) is 5.75 Å². The Kier molecular flexibility index (Phi) is 7.69. The Labute approximate surface area is 250 Å². The van der Waals surface area contributed by atoms with Gasteiger partial charge in [0, 0.05) is 48.4 Å². The molecule has 1 N–H and O–H groups in total. The number of para-hydroxylation sites is 1. The highest BCUT2D eigenvalue weighted by atomic mass is 35.5. The van der Waals surface area contributed by atoms with E-state index in [2.05, 4.69) is 0 Å². The Morgan fingerprint density at radius 3 is 2.38 bits per heavy atom. The van der Waals surface area contributed by atoms with E-state index in [1.165, 1.54) is 11.0 Å². The molecule has 3 aliphatic heterocycles. The molecule has 2 saturated heterocycles. The fourth-order valence-corrected chi connectivity index (χ4v) is 6.26. The van der Waals surface area contributed by atoms with Crippen molar-refractivity contribution in [2.24, 2.45) is 0 Å². The molecule has 6 rings (SSSR count). The number of amides is 2. The first kappa shape index (κ1) is 28.3. The molecule has 12 heteroatoms. The van der Waals surface area contributed by atoms with Crippen molar-refractivity contribution < 1.29 is 33.4 Å². The molecule has 0 saturated carbocycles. The molecule has 3 heterocycles. The number of nitrogens with zero attached hydrogens (tertiary/aromatic N) is 3. The molecule has 0 radical (unpaired) electrons. The van der Waals surface area contributed by atoms with Crippen LogP contribution in [0.1, 0.15) is 39.1 Å². The van der Waals surface area contributed by atoms with Crippen molar-refractivity contribution in [2.75, 3.05) is 49.4 Å². The molecule has 0 spiro atoms. The van der Waals surface area contributed by atoms with Gasteiger partial charge in [-0.1, -0.05) is 41.4 Å². The average Bonchev–Trinajstić information content (AvgIpc) is 3.42. The lowest BCUT2D eigenvalue weighted by Gasteiger charge is -2.32. The second kappa shape index (κ2) is 11.4. The van der Waals surface area contributed by atoms with Crippen LogP contribution in [0.25, 0.3) is 11.1 Å². The molecule has 9 nitrogen and oxygen atoms in total. The summed E-state index contributed by atoms with van der Waals surface area (Å²) < 4.78 is 26.8. The summed E-state index contributed by atoms with van der Waals surface area (Å²) in [5.41, 5.74) is 2.18. The van der Waals surface area contributed by atoms with Crippen LogP contribution in [0.2, 0.25) is 10.0 Å². The Morgan fingerprint density at radius 2 is 1.71 bits per heavy atom. The van der Waals surface area contributed by atoms with E-state index in [1.54, 1.807) is 35.2 Å². The number of carboxylic acids is 1. The van der Waals surface area contributed by atoms with Crippen molar-refractivity contribution in [3.63, 3.8) is 0 Å². The lowest BCUT2D eigenvalue weighted by atomic mass is 9.97. The minimum Gasteiger partial charge on any atom is -0.478 e. The van der Waals surface area contributed by atoms with Crippen molar-refractivity contribution in [1.82, 2.24) is 4.90 Å². The summed E-state index contributed by atoms with van der Waals surface area (Å²) in [4.78, 5) is 42.5. The summed E-state index contributed by atoms with van der Waals surface area (Å²) in [5.74, 6) is -2.00. The summed E-state index contributed by atoms with van der Waals surface area (Å²) in [7, 11) is 0. The van der Waals surface area contributed by atoms with E-state index in [4.69, 9.17) is 32.7 Å². The fourth-order valence-electron chi connectivity index (χ4n) is 5.62. The summed E-state index contributed by atoms with van der Waals surface area (Å²) in [6, 6.07) is 10.9. The second-order valence-electron chi connectivity index (χ2n) is 10.3. The van der Waals surface area contributed by atoms with E-state index in [0.717, 1.165) is 12.5 Å². The van der Waals surface area contributed by atoms with Gasteiger partial charge in [-0.2, -0.15) is 0 Å². The number of benzene rings is 3. The average molecular weight is 614 g/mol. The maximum atomic E-state index is 15.4. The van der Waals surface area contributed by atoms with Gasteiger partial charge in [-0.15, -0.1) is 0 Å². The first-order valence-corrected chi connectivity index (χ1v) is 14.2. The number of aromatic carboxylic acids is 1. The Bertz CT molecular complexity index is 1590. The molecule has 3 aliphatic rings. The molecule has 3 aromatic carbocycles. The predicted octanol–water partition coefficient (Wildman–Crippen LogP) is 5.45. The van der Waals surface area contributed by atoms with Gasteiger partial charge in [0.1, 0.15) is 11.6 Å². The Morgan fingerprint density at radius 1 is 0.976 bits per heavy atom. The lowest BCUT2D eigenvalue weighted by Crippen LogP contribution is -2.38. The Hall–Kier alpha value is -3.86. The third-order valence-electron chi connectivity index (χ3n) is 7.69. The largest absolute Gasteiger partial charge is 0.478 e. The standard InChI is InChI=1S/C30H26Cl2FN3O6/c31-22-11-18(36-6-2-5-26(36)37)12-23(32)27(22)29(38)35-15-17-3-1-4-19(28(17)42-16-35)20-14-25(34-7-9-41-10-8-34)21(30(39)40)13-24(20)33/h1,3-4,11-14H,2,5-10,15-16H2,(H,39,40). The van der Waals surface area contributed by atoms with E-state index in [9.17, 15) is 19.5 Å². The maximum Gasteiger partial charge on any atom is 0.337 e. The fraction of sp³-hybridized carbons (Fsp3) is 0.300. The number of halogens is 3. The van der Waals surface area contributed by atoms with Gasteiger partial charge < -0.3 is 29.3 Å². The third kappa shape index (κ3) is 5.14. The zero-order valence-electron chi connectivity index (χ0n) is 22.4. The van der Waals surface area contributed by atoms with Gasteiger partial charge >= 0.3 is 5.97 Å². The predicted molar refractivity (Wildman–Crippen MR) is 155 cm³/mol. The molecular formula is C30H26Cl2FN3O6. The summed E-state index contributed by atoms with van der Waals surface area (Å²) >= 11 is 13.0. The minimum atomic E-state index is -1.22. The summed E-state index contributed by atoms with van der Waals surface area (Å²) in [6.07, 6.45) is 1.19. The van der Waals surface area contributed by atoms with Crippen molar-refractivity contribution in [2.45, 2.75) is 19.4 Å². The normalized spacial score (nSPS) is 16.8. The van der Waals surface area contributed by atoms with Gasteiger partial charge in [-0.3, -0.25) is 9.59 Å². The number of carbonyl (C=O) groups is 3. The van der Waals surface area contributed by atoms with Crippen molar-refractivity contribution >= 4 is 52.4 Å². The van der Waals surface area contributed by atoms with Gasteiger partial charge in [-0.05, 0) is 30.7 Å². The number of anilines is 2. The van der Waals surface area contributed by atoms with Gasteiger partial charge in [0.2, 0.25) is 5.91 Å². The molecule has 3 aromatic rings. The monoisotopic (exact) mass is 613 g/mol. The van der Waals surface area contributed by atoms with Crippen LogP contribution in [0, 0.1) is 5.82 Å². The highest BCUT2D eigenvalue weighted by Gasteiger charge is 2.31. The van der Waals surface area contributed by atoms with Crippen LogP contribution in [0.15, 0.2) is 42.5 Å². The molecule has 0 unspecified atom stereocenters. The number of ether oxygens (including phenoxy) is 2. The van der Waals surface area contributed by atoms with E-state index in [0.29, 0.717) is 67.5 Å². The Balaban J connectivity index is 1.30. The molecule has 0 aromatic heterocycles. The molecule has 0 aliphatic carbocycles. The molecule has 0 bridgehead atoms. The van der Waals surface area contributed by atoms with Crippen LogP contribution in [0.4, 0.5) is 15.8 Å². The minimum absolute atomic E-state index is 0.0239. The van der Waals surface area contributed by atoms with Gasteiger partial charge in [-0.25, -0.2) is 9.18 Å². The zero-order chi connectivity index (χ0) is 29.5. The smallest absolute Gasteiger partial charge is 0.337 e. The van der Waals surface area contributed by atoms with Crippen LogP contribution >= 0.6 is 23.2 Å². The molecule has 2 fully saturated rings. The van der Waals surface area contributed by atoms with Crippen LogP contribution < -0.4 is 14.5 Å².